The van der Waals surface area contributed by atoms with Crippen LogP contribution in [0.4, 0.5) is 0 Å². The summed E-state index contributed by atoms with van der Waals surface area (Å²) in [5, 5.41) is 0. The van der Waals surface area contributed by atoms with Gasteiger partial charge in [-0.25, -0.2) is 0 Å². The average molecular weight is 292 g/mol. The second kappa shape index (κ2) is 5.88. The van der Waals surface area contributed by atoms with E-state index in [1.165, 1.54) is 4.46 Å². The Morgan fingerprint density at radius 3 is 2.94 bits per heavy atom. The van der Waals surface area contributed by atoms with Gasteiger partial charge in [-0.2, -0.15) is 0 Å². The number of carbonyl (C=O) groups excluding carboxylic acids is 1. The Balaban J connectivity index is 2.04. The molecular weight excluding hydrogens is 277 g/mol. The van der Waals surface area contributed by atoms with Gasteiger partial charge in [0.1, 0.15) is 0 Å². The van der Waals surface area contributed by atoms with Crippen LogP contribution in [0, 0.1) is 0 Å². The Hall–Kier alpha value is -1.27. The van der Waals surface area contributed by atoms with Gasteiger partial charge in [-0.05, 0) is 0 Å². The normalized spacial score (nSPS) is 19.2. The van der Waals surface area contributed by atoms with E-state index in [-0.39, 0.29) is 5.91 Å². The number of likely N-dealkylation sites (tertiary alicyclic amines) is 1. The van der Waals surface area contributed by atoms with E-state index in [9.17, 15) is 4.79 Å². The first-order valence-corrected chi connectivity index (χ1v) is 7.51. The van der Waals surface area contributed by atoms with Crippen molar-refractivity contribution in [2.24, 2.45) is 0 Å². The molecule has 1 saturated heterocycles. The van der Waals surface area contributed by atoms with Crippen LogP contribution in [0.1, 0.15) is 12.8 Å². The van der Waals surface area contributed by atoms with E-state index in [1.54, 1.807) is 0 Å². The zero-order chi connectivity index (χ0) is 12.1. The number of carbonyl (C=O) groups is 1. The predicted octanol–water partition coefficient (Wildman–Crippen LogP) is 1.31. The molecule has 1 heterocycles. The first kappa shape index (κ1) is 12.2. The summed E-state index contributed by atoms with van der Waals surface area (Å²) in [6.07, 6.45) is 3.50. The van der Waals surface area contributed by atoms with Crippen LogP contribution >= 0.6 is 0 Å². The molecular formula is C14H15NOSe. The van der Waals surface area contributed by atoms with E-state index in [4.69, 9.17) is 0 Å². The molecule has 17 heavy (non-hydrogen) atoms. The molecule has 1 aromatic rings. The SMILES string of the molecule is C=C=CCN1C(=O)CCC1[Se]c1ccccc1. The van der Waals surface area contributed by atoms with Gasteiger partial charge >= 0.3 is 108 Å². The monoisotopic (exact) mass is 293 g/mol. The molecule has 0 aliphatic carbocycles. The van der Waals surface area contributed by atoms with Crippen molar-refractivity contribution >= 4 is 25.3 Å². The number of benzene rings is 1. The summed E-state index contributed by atoms with van der Waals surface area (Å²) in [4.78, 5) is 14.1. The van der Waals surface area contributed by atoms with Gasteiger partial charge in [0.15, 0.2) is 0 Å². The van der Waals surface area contributed by atoms with Gasteiger partial charge in [0, 0.05) is 0 Å². The fourth-order valence-electron chi connectivity index (χ4n) is 1.87. The van der Waals surface area contributed by atoms with Crippen LogP contribution in [0.15, 0.2) is 48.7 Å². The van der Waals surface area contributed by atoms with E-state index in [0.717, 1.165) is 6.42 Å². The molecule has 1 aliphatic heterocycles. The molecule has 0 radical (unpaired) electrons. The molecule has 0 bridgehead atoms. The summed E-state index contributed by atoms with van der Waals surface area (Å²) in [6, 6.07) is 10.4. The predicted molar refractivity (Wildman–Crippen MR) is 70.3 cm³/mol. The third kappa shape index (κ3) is 3.10. The fraction of sp³-hybridized carbons (Fsp3) is 0.286. The number of rotatable bonds is 4. The number of hydrogen-bond acceptors (Lipinski definition) is 1. The maximum atomic E-state index is 11.7. The molecule has 0 aromatic heterocycles. The molecule has 0 spiro atoms. The quantitative estimate of drug-likeness (QED) is 0.605. The van der Waals surface area contributed by atoms with Gasteiger partial charge in [0.25, 0.3) is 0 Å². The zero-order valence-corrected chi connectivity index (χ0v) is 11.3. The van der Waals surface area contributed by atoms with E-state index >= 15 is 0 Å². The molecule has 1 atom stereocenters. The fourth-order valence-corrected chi connectivity index (χ4v) is 4.38. The molecule has 3 heteroatoms. The molecule has 1 fully saturated rings. The summed E-state index contributed by atoms with van der Waals surface area (Å²) in [5.41, 5.74) is 2.74. The van der Waals surface area contributed by atoms with E-state index < -0.39 is 0 Å². The van der Waals surface area contributed by atoms with Crippen molar-refractivity contribution in [1.82, 2.24) is 4.90 Å². The van der Waals surface area contributed by atoms with Crippen LogP contribution in [-0.2, 0) is 4.79 Å². The minimum absolute atomic E-state index is 0.263. The average Bonchev–Trinajstić information content (AvgIpc) is 2.69. The van der Waals surface area contributed by atoms with Crippen molar-refractivity contribution in [3.63, 3.8) is 0 Å². The van der Waals surface area contributed by atoms with Gasteiger partial charge in [0.05, 0.1) is 0 Å². The number of hydrogen-bond donors (Lipinski definition) is 0. The first-order chi connectivity index (χ1) is 8.31. The van der Waals surface area contributed by atoms with E-state index in [2.05, 4.69) is 36.6 Å². The van der Waals surface area contributed by atoms with Crippen molar-refractivity contribution in [1.29, 1.82) is 0 Å². The van der Waals surface area contributed by atoms with Crippen LogP contribution in [0.2, 0.25) is 0 Å². The number of amides is 1. The zero-order valence-electron chi connectivity index (χ0n) is 9.63. The van der Waals surface area contributed by atoms with Gasteiger partial charge in [-0.1, -0.05) is 0 Å². The van der Waals surface area contributed by atoms with Gasteiger partial charge in [0.2, 0.25) is 0 Å². The Morgan fingerprint density at radius 1 is 1.47 bits per heavy atom. The van der Waals surface area contributed by atoms with Crippen LogP contribution in [0.5, 0.6) is 0 Å². The summed E-state index contributed by atoms with van der Waals surface area (Å²) in [5.74, 6) is 0.263. The Kier molecular flexibility index (Phi) is 4.22. The van der Waals surface area contributed by atoms with Gasteiger partial charge in [-0.3, -0.25) is 0 Å². The molecule has 1 aromatic carbocycles. The molecule has 0 N–H and O–H groups in total. The first-order valence-electron chi connectivity index (χ1n) is 5.66. The van der Waals surface area contributed by atoms with Crippen molar-refractivity contribution < 1.29 is 4.79 Å². The molecule has 1 unspecified atom stereocenters. The van der Waals surface area contributed by atoms with Gasteiger partial charge < -0.3 is 0 Å². The molecule has 0 saturated carbocycles. The summed E-state index contributed by atoms with van der Waals surface area (Å²) < 4.78 is 1.35. The Morgan fingerprint density at radius 2 is 2.24 bits per heavy atom. The topological polar surface area (TPSA) is 20.3 Å². The summed E-state index contributed by atoms with van der Waals surface area (Å²) >= 11 is 0.336. The Bertz CT molecular complexity index is 437. The van der Waals surface area contributed by atoms with E-state index in [0.29, 0.717) is 32.9 Å². The van der Waals surface area contributed by atoms with E-state index in [1.807, 2.05) is 17.0 Å². The van der Waals surface area contributed by atoms with Gasteiger partial charge in [-0.15, -0.1) is 0 Å². The summed E-state index contributed by atoms with van der Waals surface area (Å²) in [6.45, 7) is 4.20. The van der Waals surface area contributed by atoms with Crippen LogP contribution in [0.25, 0.3) is 0 Å². The Labute approximate surface area is 108 Å². The van der Waals surface area contributed by atoms with Crippen molar-refractivity contribution in [3.8, 4) is 0 Å². The molecule has 88 valence electrons. The van der Waals surface area contributed by atoms with Crippen LogP contribution in [-0.4, -0.2) is 37.2 Å². The van der Waals surface area contributed by atoms with Crippen LogP contribution < -0.4 is 4.46 Å². The van der Waals surface area contributed by atoms with Crippen molar-refractivity contribution in [2.45, 2.75) is 17.8 Å². The number of nitrogens with zero attached hydrogens (tertiary/aromatic N) is 1. The second-order valence-corrected chi connectivity index (χ2v) is 6.50. The minimum atomic E-state index is 0.263. The second-order valence-electron chi connectivity index (χ2n) is 3.88. The third-order valence-electron chi connectivity index (χ3n) is 2.72. The van der Waals surface area contributed by atoms with Crippen molar-refractivity contribution in [3.05, 3.63) is 48.7 Å². The standard InChI is InChI=1S/C14H15NOSe/c1-2-3-11-15-13(16)9-10-14(15)17-12-7-5-4-6-8-12/h3-8,14H,1,9-11H2. The maximum absolute atomic E-state index is 11.7. The van der Waals surface area contributed by atoms with Crippen LogP contribution in [0.3, 0.4) is 0 Å². The third-order valence-corrected chi connectivity index (χ3v) is 5.46. The molecule has 2 nitrogen and oxygen atoms in total. The summed E-state index contributed by atoms with van der Waals surface area (Å²) in [7, 11) is 0. The molecule has 1 amide bonds. The molecule has 2 rings (SSSR count). The molecule has 1 aliphatic rings. The van der Waals surface area contributed by atoms with Crippen molar-refractivity contribution in [2.75, 3.05) is 6.54 Å².